The van der Waals surface area contributed by atoms with Gasteiger partial charge in [-0.2, -0.15) is 0 Å². The highest BCUT2D eigenvalue weighted by Crippen LogP contribution is 2.17. The number of amides is 2. The van der Waals surface area contributed by atoms with Crippen molar-refractivity contribution in [2.24, 2.45) is 0 Å². The second kappa shape index (κ2) is 11.8. The first-order chi connectivity index (χ1) is 14.4. The van der Waals surface area contributed by atoms with Crippen molar-refractivity contribution in [3.8, 4) is 11.5 Å². The van der Waals surface area contributed by atoms with Gasteiger partial charge in [0.1, 0.15) is 23.4 Å². The average molecular weight is 416 g/mol. The third-order valence-electron chi connectivity index (χ3n) is 4.66. The van der Waals surface area contributed by atoms with Crippen molar-refractivity contribution in [1.82, 2.24) is 10.2 Å². The van der Waals surface area contributed by atoms with Crippen LogP contribution >= 0.6 is 0 Å². The van der Waals surface area contributed by atoms with Gasteiger partial charge >= 0.3 is 0 Å². The van der Waals surface area contributed by atoms with E-state index in [9.17, 15) is 14.0 Å². The molecule has 0 aliphatic carbocycles. The fraction of sp³-hybridized carbons (Fsp3) is 0.391. The Morgan fingerprint density at radius 3 is 2.53 bits per heavy atom. The number of nitrogens with one attached hydrogen (secondary N) is 1. The van der Waals surface area contributed by atoms with E-state index in [0.29, 0.717) is 18.0 Å². The van der Waals surface area contributed by atoms with Crippen LogP contribution in [0.3, 0.4) is 0 Å². The van der Waals surface area contributed by atoms with Crippen LogP contribution in [0.15, 0.2) is 48.5 Å². The molecule has 30 heavy (non-hydrogen) atoms. The summed E-state index contributed by atoms with van der Waals surface area (Å²) in [6.45, 7) is 4.26. The quantitative estimate of drug-likeness (QED) is 0.569. The van der Waals surface area contributed by atoms with Crippen LogP contribution in [0.25, 0.3) is 0 Å². The number of hydrogen-bond acceptors (Lipinski definition) is 4. The number of methoxy groups -OCH3 is 1. The predicted octanol–water partition coefficient (Wildman–Crippen LogP) is 3.55. The average Bonchev–Trinajstić information content (AvgIpc) is 2.76. The number of benzene rings is 2. The Labute approximate surface area is 177 Å². The van der Waals surface area contributed by atoms with Crippen LogP contribution < -0.4 is 14.8 Å². The molecule has 2 aromatic carbocycles. The molecular formula is C23H29FN2O4. The highest BCUT2D eigenvalue weighted by atomic mass is 19.1. The van der Waals surface area contributed by atoms with Crippen LogP contribution in [0.4, 0.5) is 4.39 Å². The van der Waals surface area contributed by atoms with Gasteiger partial charge in [0.05, 0.1) is 7.11 Å². The van der Waals surface area contributed by atoms with Gasteiger partial charge in [-0.1, -0.05) is 25.5 Å². The second-order valence-electron chi connectivity index (χ2n) is 6.94. The number of ether oxygens (including phenoxy) is 2. The van der Waals surface area contributed by atoms with E-state index in [1.807, 2.05) is 31.2 Å². The van der Waals surface area contributed by atoms with Gasteiger partial charge in [0.15, 0.2) is 6.61 Å². The summed E-state index contributed by atoms with van der Waals surface area (Å²) in [5.74, 6) is 0.0982. The zero-order valence-electron chi connectivity index (χ0n) is 17.7. The molecule has 0 spiro atoms. The maximum Gasteiger partial charge on any atom is 0.261 e. The molecule has 0 unspecified atom stereocenters. The van der Waals surface area contributed by atoms with Gasteiger partial charge in [-0.3, -0.25) is 9.59 Å². The van der Waals surface area contributed by atoms with Gasteiger partial charge in [-0.25, -0.2) is 4.39 Å². The molecule has 0 heterocycles. The summed E-state index contributed by atoms with van der Waals surface area (Å²) in [7, 11) is 1.57. The van der Waals surface area contributed by atoms with Crippen molar-refractivity contribution >= 4 is 11.8 Å². The van der Waals surface area contributed by atoms with Crippen LogP contribution in [-0.2, 0) is 16.1 Å². The second-order valence-corrected chi connectivity index (χ2v) is 6.94. The molecule has 1 atom stereocenters. The summed E-state index contributed by atoms with van der Waals surface area (Å²) in [6, 6.07) is 12.1. The zero-order chi connectivity index (χ0) is 21.9. The van der Waals surface area contributed by atoms with E-state index >= 15 is 0 Å². The Morgan fingerprint density at radius 1 is 1.13 bits per heavy atom. The van der Waals surface area contributed by atoms with Crippen molar-refractivity contribution in [1.29, 1.82) is 0 Å². The molecule has 162 valence electrons. The molecule has 0 saturated carbocycles. The molecular weight excluding hydrogens is 387 g/mol. The van der Waals surface area contributed by atoms with Crippen molar-refractivity contribution < 1.29 is 23.5 Å². The van der Waals surface area contributed by atoms with Gasteiger partial charge in [0.25, 0.3) is 5.91 Å². The Hall–Kier alpha value is -3.09. The fourth-order valence-corrected chi connectivity index (χ4v) is 2.85. The number of rotatable bonds is 11. The Kier molecular flexibility index (Phi) is 9.12. The smallest absolute Gasteiger partial charge is 0.261 e. The van der Waals surface area contributed by atoms with E-state index in [0.717, 1.165) is 18.4 Å². The van der Waals surface area contributed by atoms with Crippen molar-refractivity contribution in [2.45, 2.75) is 39.3 Å². The molecule has 0 radical (unpaired) electrons. The van der Waals surface area contributed by atoms with Crippen LogP contribution in [0.2, 0.25) is 0 Å². The summed E-state index contributed by atoms with van der Waals surface area (Å²) >= 11 is 0. The normalized spacial score (nSPS) is 11.5. The molecule has 1 N–H and O–H groups in total. The molecule has 2 rings (SSSR count). The molecule has 7 heteroatoms. The van der Waals surface area contributed by atoms with E-state index in [4.69, 9.17) is 9.47 Å². The minimum absolute atomic E-state index is 0.221. The van der Waals surface area contributed by atoms with E-state index in [-0.39, 0.29) is 30.8 Å². The summed E-state index contributed by atoms with van der Waals surface area (Å²) in [5.41, 5.74) is 0.831. The van der Waals surface area contributed by atoms with Crippen molar-refractivity contribution in [2.75, 3.05) is 20.3 Å². The van der Waals surface area contributed by atoms with Crippen LogP contribution in [0, 0.1) is 5.82 Å². The summed E-state index contributed by atoms with van der Waals surface area (Å²) < 4.78 is 23.8. The monoisotopic (exact) mass is 416 g/mol. The highest BCUT2D eigenvalue weighted by Gasteiger charge is 2.26. The lowest BCUT2D eigenvalue weighted by Gasteiger charge is -2.29. The molecule has 0 aliphatic heterocycles. The lowest BCUT2D eigenvalue weighted by molar-refractivity contribution is -0.142. The number of hydrogen-bond donors (Lipinski definition) is 1. The largest absolute Gasteiger partial charge is 0.497 e. The SMILES string of the molecule is CCCCNC(=O)[C@@H](C)N(Cc1cccc(OC)c1)C(=O)COc1ccc(F)cc1. The number of nitrogens with zero attached hydrogens (tertiary/aromatic N) is 1. The maximum absolute atomic E-state index is 13.1. The van der Waals surface area contributed by atoms with Gasteiger partial charge in [0.2, 0.25) is 5.91 Å². The maximum atomic E-state index is 13.1. The molecule has 2 amide bonds. The molecule has 0 fully saturated rings. The first-order valence-corrected chi connectivity index (χ1v) is 10.0. The van der Waals surface area contributed by atoms with E-state index < -0.39 is 6.04 Å². The van der Waals surface area contributed by atoms with Crippen LogP contribution in [0.1, 0.15) is 32.3 Å². The summed E-state index contributed by atoms with van der Waals surface area (Å²) in [6.07, 6.45) is 1.84. The molecule has 0 aromatic heterocycles. The third-order valence-corrected chi connectivity index (χ3v) is 4.66. The topological polar surface area (TPSA) is 67.9 Å². The Morgan fingerprint density at radius 2 is 1.87 bits per heavy atom. The standard InChI is InChI=1S/C23H29FN2O4/c1-4-5-13-25-23(28)17(2)26(15-18-7-6-8-21(14-18)29-3)22(27)16-30-20-11-9-19(24)10-12-20/h6-12,14,17H,4-5,13,15-16H2,1-3H3,(H,25,28)/t17-/m1/s1. The number of carbonyl (C=O) groups excluding carboxylic acids is 2. The molecule has 0 saturated heterocycles. The molecule has 0 aliphatic rings. The van der Waals surface area contributed by atoms with Gasteiger partial charge in [-0.15, -0.1) is 0 Å². The minimum Gasteiger partial charge on any atom is -0.497 e. The first kappa shape index (κ1) is 23.2. The van der Waals surface area contributed by atoms with Crippen molar-refractivity contribution in [3.63, 3.8) is 0 Å². The van der Waals surface area contributed by atoms with Crippen molar-refractivity contribution in [3.05, 3.63) is 59.9 Å². The predicted molar refractivity (Wildman–Crippen MR) is 113 cm³/mol. The first-order valence-electron chi connectivity index (χ1n) is 10.0. The molecule has 2 aromatic rings. The fourth-order valence-electron chi connectivity index (χ4n) is 2.85. The number of carbonyl (C=O) groups is 2. The van der Waals surface area contributed by atoms with Gasteiger partial charge in [-0.05, 0) is 55.3 Å². The Balaban J connectivity index is 2.12. The molecule has 0 bridgehead atoms. The van der Waals surface area contributed by atoms with E-state index in [1.165, 1.54) is 29.2 Å². The van der Waals surface area contributed by atoms with Crippen LogP contribution in [0.5, 0.6) is 11.5 Å². The van der Waals surface area contributed by atoms with E-state index in [1.54, 1.807) is 14.0 Å². The van der Waals surface area contributed by atoms with Crippen LogP contribution in [-0.4, -0.2) is 43.0 Å². The number of unbranched alkanes of at least 4 members (excludes halogenated alkanes) is 1. The lowest BCUT2D eigenvalue weighted by Crippen LogP contribution is -2.49. The highest BCUT2D eigenvalue weighted by molar-refractivity contribution is 5.87. The minimum atomic E-state index is -0.683. The van der Waals surface area contributed by atoms with Gasteiger partial charge in [0, 0.05) is 13.1 Å². The summed E-state index contributed by atoms with van der Waals surface area (Å²) in [4.78, 5) is 27.0. The van der Waals surface area contributed by atoms with Gasteiger partial charge < -0.3 is 19.7 Å². The Bertz CT molecular complexity index is 826. The number of halogens is 1. The zero-order valence-corrected chi connectivity index (χ0v) is 17.7. The lowest BCUT2D eigenvalue weighted by atomic mass is 10.1. The third kappa shape index (κ3) is 7.06. The molecule has 6 nitrogen and oxygen atoms in total. The summed E-state index contributed by atoms with van der Waals surface area (Å²) in [5, 5.41) is 2.87. The van der Waals surface area contributed by atoms with E-state index in [2.05, 4.69) is 5.32 Å².